The highest BCUT2D eigenvalue weighted by molar-refractivity contribution is 7.13. The zero-order valence-electron chi connectivity index (χ0n) is 17.6. The van der Waals surface area contributed by atoms with Gasteiger partial charge in [-0.2, -0.15) is 0 Å². The number of nitrogens with zero attached hydrogens (tertiary/aromatic N) is 2. The summed E-state index contributed by atoms with van der Waals surface area (Å²) in [6.07, 6.45) is 2.25. The van der Waals surface area contributed by atoms with Gasteiger partial charge in [0, 0.05) is 50.2 Å². The lowest BCUT2D eigenvalue weighted by atomic mass is 9.95. The molecule has 29 heavy (non-hydrogen) atoms. The molecule has 0 aliphatic carbocycles. The predicted molar refractivity (Wildman–Crippen MR) is 116 cm³/mol. The van der Waals surface area contributed by atoms with E-state index in [0.29, 0.717) is 45.7 Å². The molecule has 7 heteroatoms. The number of aryl methyl sites for hydroxylation is 2. The van der Waals surface area contributed by atoms with Crippen molar-refractivity contribution in [3.05, 3.63) is 40.5 Å². The van der Waals surface area contributed by atoms with Crippen molar-refractivity contribution in [1.29, 1.82) is 0 Å². The molecule has 6 nitrogen and oxygen atoms in total. The van der Waals surface area contributed by atoms with E-state index < -0.39 is 0 Å². The number of carbonyl (C=O) groups is 2. The van der Waals surface area contributed by atoms with Crippen molar-refractivity contribution >= 4 is 23.2 Å². The molecule has 3 rings (SSSR count). The first kappa shape index (κ1) is 21.6. The highest BCUT2D eigenvalue weighted by Gasteiger charge is 2.29. The van der Waals surface area contributed by atoms with Crippen LogP contribution in [0.3, 0.4) is 0 Å². The van der Waals surface area contributed by atoms with Gasteiger partial charge in [0.25, 0.3) is 5.91 Å². The summed E-state index contributed by atoms with van der Waals surface area (Å²) in [6.45, 7) is 9.34. The Labute approximate surface area is 176 Å². The van der Waals surface area contributed by atoms with Crippen LogP contribution in [0, 0.1) is 19.8 Å². The van der Waals surface area contributed by atoms with E-state index in [-0.39, 0.29) is 17.7 Å². The molecule has 0 bridgehead atoms. The summed E-state index contributed by atoms with van der Waals surface area (Å²) in [5, 5.41) is 5.95. The van der Waals surface area contributed by atoms with Crippen LogP contribution < -0.4 is 5.32 Å². The molecule has 0 aromatic carbocycles. The van der Waals surface area contributed by atoms with Crippen LogP contribution in [0.25, 0.3) is 5.00 Å². The van der Waals surface area contributed by atoms with Gasteiger partial charge in [-0.3, -0.25) is 9.59 Å². The molecule has 0 radical (unpaired) electrons. The van der Waals surface area contributed by atoms with E-state index >= 15 is 0 Å². The number of piperidine rings is 1. The highest BCUT2D eigenvalue weighted by Crippen LogP contribution is 2.28. The third-order valence-corrected chi connectivity index (χ3v) is 6.37. The number of hydrogen-bond acceptors (Lipinski definition) is 4. The molecule has 1 aliphatic heterocycles. The van der Waals surface area contributed by atoms with E-state index in [4.69, 9.17) is 4.74 Å². The Bertz CT molecular complexity index is 815. The predicted octanol–water partition coefficient (Wildman–Crippen LogP) is 3.55. The van der Waals surface area contributed by atoms with Crippen LogP contribution in [0.2, 0.25) is 0 Å². The molecule has 1 aliphatic rings. The van der Waals surface area contributed by atoms with Gasteiger partial charge in [0.1, 0.15) is 5.00 Å². The zero-order chi connectivity index (χ0) is 20.8. The first-order valence-corrected chi connectivity index (χ1v) is 11.3. The second kappa shape index (κ2) is 10.1. The Kier molecular flexibility index (Phi) is 7.50. The van der Waals surface area contributed by atoms with Gasteiger partial charge in [-0.15, -0.1) is 11.3 Å². The lowest BCUT2D eigenvalue weighted by molar-refractivity contribution is -0.126. The van der Waals surface area contributed by atoms with Gasteiger partial charge in [0.2, 0.25) is 5.91 Å². The molecule has 0 atom stereocenters. The van der Waals surface area contributed by atoms with E-state index in [2.05, 4.69) is 35.9 Å². The largest absolute Gasteiger partial charge is 0.382 e. The molecule has 0 spiro atoms. The van der Waals surface area contributed by atoms with Crippen LogP contribution in [0.15, 0.2) is 23.6 Å². The number of carbonyl (C=O) groups excluding carboxylic acids is 2. The minimum Gasteiger partial charge on any atom is -0.382 e. The van der Waals surface area contributed by atoms with Gasteiger partial charge < -0.3 is 19.5 Å². The average Bonchev–Trinajstić information content (AvgIpc) is 3.33. The second-order valence-electron chi connectivity index (χ2n) is 7.50. The van der Waals surface area contributed by atoms with Crippen molar-refractivity contribution in [3.63, 3.8) is 0 Å². The molecule has 158 valence electrons. The fourth-order valence-corrected chi connectivity index (χ4v) is 4.82. The van der Waals surface area contributed by atoms with Crippen LogP contribution in [0.4, 0.5) is 0 Å². The van der Waals surface area contributed by atoms with Crippen molar-refractivity contribution in [2.75, 3.05) is 32.8 Å². The van der Waals surface area contributed by atoms with Gasteiger partial charge in [-0.25, -0.2) is 0 Å². The molecular formula is C22H31N3O3S. The summed E-state index contributed by atoms with van der Waals surface area (Å²) in [7, 11) is 0. The molecule has 2 aromatic rings. The van der Waals surface area contributed by atoms with Crippen LogP contribution in [0.5, 0.6) is 0 Å². The summed E-state index contributed by atoms with van der Waals surface area (Å²) < 4.78 is 7.43. The van der Waals surface area contributed by atoms with E-state index in [1.165, 1.54) is 0 Å². The first-order chi connectivity index (χ1) is 14.0. The second-order valence-corrected chi connectivity index (χ2v) is 8.39. The number of aromatic nitrogens is 1. The fraction of sp³-hybridized carbons (Fsp3) is 0.545. The monoisotopic (exact) mass is 417 g/mol. The van der Waals surface area contributed by atoms with Crippen LogP contribution >= 0.6 is 11.3 Å². The maximum Gasteiger partial charge on any atom is 0.256 e. The third-order valence-electron chi connectivity index (χ3n) is 5.47. The molecule has 1 fully saturated rings. The number of hydrogen-bond donors (Lipinski definition) is 1. The summed E-state index contributed by atoms with van der Waals surface area (Å²) in [5.74, 6) is 0.148. The van der Waals surface area contributed by atoms with Crippen molar-refractivity contribution in [1.82, 2.24) is 14.8 Å². The minimum absolute atomic E-state index is 0.0120. The van der Waals surface area contributed by atoms with Crippen LogP contribution in [-0.2, 0) is 9.53 Å². The summed E-state index contributed by atoms with van der Waals surface area (Å²) in [6, 6.07) is 6.06. The topological polar surface area (TPSA) is 63.6 Å². The average molecular weight is 418 g/mol. The normalized spacial score (nSPS) is 14.9. The lowest BCUT2D eigenvalue weighted by Crippen LogP contribution is -2.43. The Morgan fingerprint density at radius 3 is 2.52 bits per heavy atom. The van der Waals surface area contributed by atoms with Gasteiger partial charge in [-0.1, -0.05) is 0 Å². The molecule has 3 heterocycles. The summed E-state index contributed by atoms with van der Waals surface area (Å²) in [5.41, 5.74) is 2.99. The van der Waals surface area contributed by atoms with Gasteiger partial charge >= 0.3 is 0 Å². The maximum atomic E-state index is 13.2. The number of nitrogens with one attached hydrogen (secondary N) is 1. The smallest absolute Gasteiger partial charge is 0.256 e. The standard InChI is InChI=1S/C22H31N3O3S/c1-4-28-14-5-11-23-20(26)18-8-12-24(13-9-18)21(27)19-10-15-29-22(19)25-16(2)6-7-17(25)3/h6-7,10,15,18H,4-5,8-9,11-14H2,1-3H3,(H,23,26). The Morgan fingerprint density at radius 2 is 1.86 bits per heavy atom. The molecular weight excluding hydrogens is 386 g/mol. The van der Waals surface area contributed by atoms with Gasteiger partial charge in [-0.05, 0) is 63.6 Å². The molecule has 1 N–H and O–H groups in total. The minimum atomic E-state index is -0.0120. The van der Waals surface area contributed by atoms with Crippen molar-refractivity contribution < 1.29 is 14.3 Å². The molecule has 0 unspecified atom stereocenters. The van der Waals surface area contributed by atoms with Crippen molar-refractivity contribution in [2.24, 2.45) is 5.92 Å². The van der Waals surface area contributed by atoms with E-state index in [1.54, 1.807) is 11.3 Å². The van der Waals surface area contributed by atoms with E-state index in [9.17, 15) is 9.59 Å². The zero-order valence-corrected chi connectivity index (χ0v) is 18.4. The molecule has 2 amide bonds. The molecule has 0 saturated carbocycles. The van der Waals surface area contributed by atoms with E-state index in [0.717, 1.165) is 28.4 Å². The Morgan fingerprint density at radius 1 is 1.17 bits per heavy atom. The van der Waals surface area contributed by atoms with Crippen molar-refractivity contribution in [2.45, 2.75) is 40.0 Å². The number of ether oxygens (including phenoxy) is 1. The Balaban J connectivity index is 1.55. The lowest BCUT2D eigenvalue weighted by Gasteiger charge is -2.31. The molecule has 1 saturated heterocycles. The van der Waals surface area contributed by atoms with Gasteiger partial charge in [0.15, 0.2) is 0 Å². The number of likely N-dealkylation sites (tertiary alicyclic amines) is 1. The Hall–Kier alpha value is -2.12. The maximum absolute atomic E-state index is 13.2. The van der Waals surface area contributed by atoms with Gasteiger partial charge in [0.05, 0.1) is 5.56 Å². The third kappa shape index (κ3) is 5.08. The molecule has 2 aromatic heterocycles. The van der Waals surface area contributed by atoms with Crippen LogP contribution in [0.1, 0.15) is 47.9 Å². The fourth-order valence-electron chi connectivity index (χ4n) is 3.82. The highest BCUT2D eigenvalue weighted by atomic mass is 32.1. The quantitative estimate of drug-likeness (QED) is 0.668. The number of rotatable bonds is 8. The first-order valence-electron chi connectivity index (χ1n) is 10.4. The van der Waals surface area contributed by atoms with Crippen LogP contribution in [-0.4, -0.2) is 54.1 Å². The SMILES string of the molecule is CCOCCCNC(=O)C1CCN(C(=O)c2ccsc2-n2c(C)ccc2C)CC1. The van der Waals surface area contributed by atoms with Crippen molar-refractivity contribution in [3.8, 4) is 5.00 Å². The number of thiophene rings is 1. The van der Waals surface area contributed by atoms with E-state index in [1.807, 2.05) is 23.3 Å². The summed E-state index contributed by atoms with van der Waals surface area (Å²) >= 11 is 1.59. The summed E-state index contributed by atoms with van der Waals surface area (Å²) in [4.78, 5) is 27.4. The number of amides is 2.